The van der Waals surface area contributed by atoms with E-state index in [2.05, 4.69) is 50.4 Å². The van der Waals surface area contributed by atoms with E-state index >= 15 is 0 Å². The SMILES string of the molecule is CCNC(CC(C)C)CC1CCCc2ccccc21. The standard InChI is InChI=1S/C18H29N/c1-4-19-17(12-14(2)3)13-16-10-7-9-15-8-5-6-11-18(15)16/h5-6,8,11,14,16-17,19H,4,7,9-10,12-13H2,1-3H3. The number of hydrogen-bond donors (Lipinski definition) is 1. The maximum atomic E-state index is 3.69. The van der Waals surface area contributed by atoms with E-state index in [0.717, 1.165) is 18.4 Å². The van der Waals surface area contributed by atoms with Gasteiger partial charge in [0.2, 0.25) is 0 Å². The first-order valence-corrected chi connectivity index (χ1v) is 8.01. The minimum Gasteiger partial charge on any atom is -0.314 e. The van der Waals surface area contributed by atoms with Crippen LogP contribution in [0.25, 0.3) is 0 Å². The Morgan fingerprint density at radius 2 is 2.05 bits per heavy atom. The highest BCUT2D eigenvalue weighted by Gasteiger charge is 2.23. The third-order valence-electron chi connectivity index (χ3n) is 4.31. The minimum absolute atomic E-state index is 0.682. The normalized spacial score (nSPS) is 20.3. The Morgan fingerprint density at radius 1 is 1.26 bits per heavy atom. The second-order valence-corrected chi connectivity index (χ2v) is 6.41. The zero-order chi connectivity index (χ0) is 13.7. The molecular formula is C18H29N. The van der Waals surface area contributed by atoms with Crippen molar-refractivity contribution in [3.8, 4) is 0 Å². The molecule has 106 valence electrons. The van der Waals surface area contributed by atoms with Gasteiger partial charge in [-0.3, -0.25) is 0 Å². The van der Waals surface area contributed by atoms with Crippen LogP contribution >= 0.6 is 0 Å². The quantitative estimate of drug-likeness (QED) is 0.792. The third-order valence-corrected chi connectivity index (χ3v) is 4.31. The van der Waals surface area contributed by atoms with Gasteiger partial charge in [0.15, 0.2) is 0 Å². The molecule has 1 heteroatoms. The fraction of sp³-hybridized carbons (Fsp3) is 0.667. The van der Waals surface area contributed by atoms with Crippen molar-refractivity contribution in [1.82, 2.24) is 5.32 Å². The van der Waals surface area contributed by atoms with Gasteiger partial charge in [0.1, 0.15) is 0 Å². The van der Waals surface area contributed by atoms with Crippen molar-refractivity contribution in [2.24, 2.45) is 5.92 Å². The van der Waals surface area contributed by atoms with Crippen LogP contribution in [0, 0.1) is 5.92 Å². The second kappa shape index (κ2) is 7.09. The molecule has 1 aromatic rings. The Labute approximate surface area is 118 Å². The lowest BCUT2D eigenvalue weighted by Crippen LogP contribution is -2.32. The van der Waals surface area contributed by atoms with E-state index in [9.17, 15) is 0 Å². The van der Waals surface area contributed by atoms with Crippen LogP contribution in [-0.2, 0) is 6.42 Å². The van der Waals surface area contributed by atoms with Crippen molar-refractivity contribution in [3.05, 3.63) is 35.4 Å². The highest BCUT2D eigenvalue weighted by atomic mass is 14.9. The monoisotopic (exact) mass is 259 g/mol. The smallest absolute Gasteiger partial charge is 0.00752 e. The Morgan fingerprint density at radius 3 is 2.79 bits per heavy atom. The maximum absolute atomic E-state index is 3.69. The molecule has 0 bridgehead atoms. The van der Waals surface area contributed by atoms with E-state index in [-0.39, 0.29) is 0 Å². The molecule has 1 N–H and O–H groups in total. The predicted molar refractivity (Wildman–Crippen MR) is 83.7 cm³/mol. The molecule has 19 heavy (non-hydrogen) atoms. The highest BCUT2D eigenvalue weighted by molar-refractivity contribution is 5.32. The first-order valence-electron chi connectivity index (χ1n) is 8.01. The van der Waals surface area contributed by atoms with E-state index in [4.69, 9.17) is 0 Å². The van der Waals surface area contributed by atoms with E-state index in [0.29, 0.717) is 6.04 Å². The molecule has 0 aromatic heterocycles. The molecule has 1 aliphatic rings. The summed E-state index contributed by atoms with van der Waals surface area (Å²) in [5, 5.41) is 3.69. The van der Waals surface area contributed by atoms with Crippen LogP contribution in [-0.4, -0.2) is 12.6 Å². The van der Waals surface area contributed by atoms with Crippen LogP contribution < -0.4 is 5.32 Å². The molecule has 0 saturated heterocycles. The highest BCUT2D eigenvalue weighted by Crippen LogP contribution is 2.35. The average molecular weight is 259 g/mol. The Kier molecular flexibility index (Phi) is 5.45. The third kappa shape index (κ3) is 4.07. The number of rotatable bonds is 6. The second-order valence-electron chi connectivity index (χ2n) is 6.41. The van der Waals surface area contributed by atoms with Gasteiger partial charge in [-0.25, -0.2) is 0 Å². The fourth-order valence-corrected chi connectivity index (χ4v) is 3.56. The lowest BCUT2D eigenvalue weighted by Gasteiger charge is -2.30. The van der Waals surface area contributed by atoms with Crippen molar-refractivity contribution < 1.29 is 0 Å². The van der Waals surface area contributed by atoms with Crippen molar-refractivity contribution in [3.63, 3.8) is 0 Å². The number of aryl methyl sites for hydroxylation is 1. The summed E-state index contributed by atoms with van der Waals surface area (Å²) < 4.78 is 0. The molecule has 0 amide bonds. The van der Waals surface area contributed by atoms with Gasteiger partial charge in [-0.05, 0) is 61.6 Å². The maximum Gasteiger partial charge on any atom is 0.00752 e. The molecule has 0 fully saturated rings. The average Bonchev–Trinajstić information content (AvgIpc) is 2.39. The predicted octanol–water partition coefficient (Wildman–Crippen LogP) is 4.52. The lowest BCUT2D eigenvalue weighted by atomic mass is 9.78. The topological polar surface area (TPSA) is 12.0 Å². The van der Waals surface area contributed by atoms with Crippen LogP contribution in [0.5, 0.6) is 0 Å². The summed E-state index contributed by atoms with van der Waals surface area (Å²) in [6.07, 6.45) is 6.62. The molecule has 2 rings (SSSR count). The summed E-state index contributed by atoms with van der Waals surface area (Å²) >= 11 is 0. The number of nitrogens with one attached hydrogen (secondary N) is 1. The van der Waals surface area contributed by atoms with Gasteiger partial charge in [0, 0.05) is 6.04 Å². The number of benzene rings is 1. The molecule has 2 unspecified atom stereocenters. The first kappa shape index (κ1) is 14.6. The summed E-state index contributed by atoms with van der Waals surface area (Å²) in [6.45, 7) is 7.98. The lowest BCUT2D eigenvalue weighted by molar-refractivity contribution is 0.363. The van der Waals surface area contributed by atoms with Gasteiger partial charge in [-0.2, -0.15) is 0 Å². The molecule has 1 aromatic carbocycles. The van der Waals surface area contributed by atoms with Crippen LogP contribution in [0.2, 0.25) is 0 Å². The van der Waals surface area contributed by atoms with Crippen LogP contribution in [0.1, 0.15) is 63.5 Å². The molecule has 0 heterocycles. The zero-order valence-corrected chi connectivity index (χ0v) is 12.8. The number of fused-ring (bicyclic) bond motifs is 1. The van der Waals surface area contributed by atoms with Gasteiger partial charge in [0.05, 0.1) is 0 Å². The molecule has 0 saturated carbocycles. The molecule has 2 atom stereocenters. The minimum atomic E-state index is 0.682. The van der Waals surface area contributed by atoms with E-state index in [1.807, 2.05) is 0 Å². The summed E-state index contributed by atoms with van der Waals surface area (Å²) in [7, 11) is 0. The van der Waals surface area contributed by atoms with Crippen molar-refractivity contribution in [1.29, 1.82) is 0 Å². The summed E-state index contributed by atoms with van der Waals surface area (Å²) in [5.41, 5.74) is 3.22. The van der Waals surface area contributed by atoms with Gasteiger partial charge >= 0.3 is 0 Å². The Hall–Kier alpha value is -0.820. The number of hydrogen-bond acceptors (Lipinski definition) is 1. The summed E-state index contributed by atoms with van der Waals surface area (Å²) in [5.74, 6) is 1.55. The molecule has 1 aliphatic carbocycles. The van der Waals surface area contributed by atoms with Gasteiger partial charge in [-0.15, -0.1) is 0 Å². The summed E-state index contributed by atoms with van der Waals surface area (Å²) in [6, 6.07) is 9.77. The molecular weight excluding hydrogens is 230 g/mol. The van der Waals surface area contributed by atoms with Crippen molar-refractivity contribution in [2.75, 3.05) is 6.54 Å². The molecule has 0 spiro atoms. The van der Waals surface area contributed by atoms with Gasteiger partial charge in [-0.1, -0.05) is 45.0 Å². The van der Waals surface area contributed by atoms with E-state index in [1.54, 1.807) is 11.1 Å². The van der Waals surface area contributed by atoms with Crippen LogP contribution in [0.15, 0.2) is 24.3 Å². The van der Waals surface area contributed by atoms with E-state index < -0.39 is 0 Å². The van der Waals surface area contributed by atoms with Crippen molar-refractivity contribution in [2.45, 2.75) is 64.8 Å². The Balaban J connectivity index is 2.05. The summed E-state index contributed by atoms with van der Waals surface area (Å²) in [4.78, 5) is 0. The van der Waals surface area contributed by atoms with Gasteiger partial charge in [0.25, 0.3) is 0 Å². The molecule has 0 radical (unpaired) electrons. The van der Waals surface area contributed by atoms with Crippen LogP contribution in [0.4, 0.5) is 0 Å². The molecule has 1 nitrogen and oxygen atoms in total. The van der Waals surface area contributed by atoms with Crippen molar-refractivity contribution >= 4 is 0 Å². The largest absolute Gasteiger partial charge is 0.314 e. The fourth-order valence-electron chi connectivity index (χ4n) is 3.56. The first-order chi connectivity index (χ1) is 9.20. The van der Waals surface area contributed by atoms with Gasteiger partial charge < -0.3 is 5.32 Å². The Bertz CT molecular complexity index is 383. The molecule has 0 aliphatic heterocycles. The zero-order valence-electron chi connectivity index (χ0n) is 12.8. The van der Waals surface area contributed by atoms with E-state index in [1.165, 1.54) is 32.1 Å². The van der Waals surface area contributed by atoms with Crippen LogP contribution in [0.3, 0.4) is 0 Å².